The van der Waals surface area contributed by atoms with Crippen molar-refractivity contribution in [3.8, 4) is 5.75 Å². The van der Waals surface area contributed by atoms with Crippen LogP contribution in [0.1, 0.15) is 11.5 Å². The number of methoxy groups -OCH3 is 1. The zero-order valence-electron chi connectivity index (χ0n) is 14.4. The Morgan fingerprint density at radius 1 is 1.19 bits per heavy atom. The zero-order valence-corrected chi connectivity index (χ0v) is 15.1. The van der Waals surface area contributed by atoms with Crippen molar-refractivity contribution in [2.24, 2.45) is 0 Å². The van der Waals surface area contributed by atoms with Crippen LogP contribution in [-0.4, -0.2) is 22.0 Å². The number of aromatic nitrogens is 3. The fraction of sp³-hybridized carbons (Fsp3) is 0.158. The second-order valence-corrected chi connectivity index (χ2v) is 6.39. The molecule has 0 aliphatic rings. The van der Waals surface area contributed by atoms with Crippen LogP contribution in [0.25, 0.3) is 10.9 Å². The molecule has 0 aliphatic carbocycles. The van der Waals surface area contributed by atoms with Crippen molar-refractivity contribution >= 4 is 34.0 Å². The first-order valence-corrected chi connectivity index (χ1v) is 8.49. The second kappa shape index (κ2) is 6.72. The molecule has 0 amide bonds. The summed E-state index contributed by atoms with van der Waals surface area (Å²) in [5.41, 5.74) is 2.65. The summed E-state index contributed by atoms with van der Waals surface area (Å²) in [5.74, 6) is 2.26. The van der Waals surface area contributed by atoms with Crippen LogP contribution < -0.4 is 10.1 Å². The van der Waals surface area contributed by atoms with Gasteiger partial charge in [0.25, 0.3) is 0 Å². The number of fused-ring (bicyclic) bond motifs is 1. The van der Waals surface area contributed by atoms with E-state index in [1.807, 2.05) is 60.1 Å². The van der Waals surface area contributed by atoms with Crippen LogP contribution in [0.2, 0.25) is 5.02 Å². The van der Waals surface area contributed by atoms with E-state index in [1.165, 1.54) is 0 Å². The Bertz CT molecular complexity index is 1070. The Kier molecular flexibility index (Phi) is 4.26. The highest BCUT2D eigenvalue weighted by Crippen LogP contribution is 2.30. The number of hydrogen-bond donors (Lipinski definition) is 1. The van der Waals surface area contributed by atoms with E-state index in [9.17, 15) is 0 Å². The van der Waals surface area contributed by atoms with E-state index in [-0.39, 0.29) is 0 Å². The predicted octanol–water partition coefficient (Wildman–Crippen LogP) is 4.79. The highest BCUT2D eigenvalue weighted by atomic mass is 35.5. The summed E-state index contributed by atoms with van der Waals surface area (Å²) in [6.45, 7) is 2.38. The summed E-state index contributed by atoms with van der Waals surface area (Å²) in [5, 5.41) is 13.7. The monoisotopic (exact) mass is 368 g/mol. The lowest BCUT2D eigenvalue weighted by atomic mass is 10.2. The molecule has 0 bridgehead atoms. The molecule has 0 unspecified atom stereocenters. The molecule has 2 aromatic carbocycles. The van der Waals surface area contributed by atoms with Crippen molar-refractivity contribution in [3.05, 3.63) is 65.0 Å². The van der Waals surface area contributed by atoms with Crippen LogP contribution in [0, 0.1) is 6.92 Å². The molecule has 0 spiro atoms. The number of rotatable bonds is 5. The lowest BCUT2D eigenvalue weighted by Crippen LogP contribution is -2.02. The van der Waals surface area contributed by atoms with E-state index in [0.29, 0.717) is 11.6 Å². The summed E-state index contributed by atoms with van der Waals surface area (Å²) in [7, 11) is 1.65. The van der Waals surface area contributed by atoms with Gasteiger partial charge in [-0.1, -0.05) is 22.8 Å². The number of nitrogens with zero attached hydrogens (tertiary/aromatic N) is 3. The van der Waals surface area contributed by atoms with Crippen LogP contribution in [0.3, 0.4) is 0 Å². The molecule has 4 aromatic rings. The third-order valence-corrected chi connectivity index (χ3v) is 4.27. The van der Waals surface area contributed by atoms with Gasteiger partial charge in [0.2, 0.25) is 0 Å². The lowest BCUT2D eigenvalue weighted by molar-refractivity contribution is 0.388. The smallest absolute Gasteiger partial charge is 0.160 e. The predicted molar refractivity (Wildman–Crippen MR) is 101 cm³/mol. The van der Waals surface area contributed by atoms with Crippen molar-refractivity contribution in [2.75, 3.05) is 12.4 Å². The molecule has 2 heterocycles. The third kappa shape index (κ3) is 3.23. The molecule has 0 fully saturated rings. The molecule has 0 atom stereocenters. The summed E-state index contributed by atoms with van der Waals surface area (Å²) < 4.78 is 12.4. The zero-order chi connectivity index (χ0) is 18.1. The number of nitrogens with one attached hydrogen (secondary N) is 1. The van der Waals surface area contributed by atoms with Crippen LogP contribution in [0.15, 0.2) is 53.1 Å². The molecule has 6 nitrogen and oxygen atoms in total. The first-order chi connectivity index (χ1) is 12.6. The van der Waals surface area contributed by atoms with Crippen molar-refractivity contribution in [1.82, 2.24) is 14.9 Å². The summed E-state index contributed by atoms with van der Waals surface area (Å²) in [4.78, 5) is 0. The summed E-state index contributed by atoms with van der Waals surface area (Å²) >= 11 is 6.09. The highest BCUT2D eigenvalue weighted by Gasteiger charge is 2.14. The van der Waals surface area contributed by atoms with Crippen molar-refractivity contribution in [1.29, 1.82) is 0 Å². The highest BCUT2D eigenvalue weighted by molar-refractivity contribution is 6.30. The van der Waals surface area contributed by atoms with Gasteiger partial charge >= 0.3 is 0 Å². The third-order valence-electron chi connectivity index (χ3n) is 4.03. The molecule has 2 aromatic heterocycles. The van der Waals surface area contributed by atoms with Gasteiger partial charge in [-0.15, -0.1) is 0 Å². The Morgan fingerprint density at radius 3 is 2.81 bits per heavy atom. The van der Waals surface area contributed by atoms with Gasteiger partial charge < -0.3 is 14.6 Å². The molecule has 26 heavy (non-hydrogen) atoms. The van der Waals surface area contributed by atoms with E-state index in [0.717, 1.165) is 39.6 Å². The van der Waals surface area contributed by atoms with Gasteiger partial charge in [0, 0.05) is 22.2 Å². The normalized spacial score (nSPS) is 11.0. The minimum absolute atomic E-state index is 0.511. The van der Waals surface area contributed by atoms with Crippen LogP contribution >= 0.6 is 11.6 Å². The van der Waals surface area contributed by atoms with Gasteiger partial charge in [0.1, 0.15) is 17.2 Å². The molecule has 1 N–H and O–H groups in total. The minimum atomic E-state index is 0.511. The topological polar surface area (TPSA) is 65.1 Å². The van der Waals surface area contributed by atoms with Gasteiger partial charge in [-0.3, -0.25) is 4.68 Å². The second-order valence-electron chi connectivity index (χ2n) is 5.95. The maximum Gasteiger partial charge on any atom is 0.160 e. The van der Waals surface area contributed by atoms with Crippen LogP contribution in [-0.2, 0) is 6.54 Å². The standard InChI is InChI=1S/C19H17ClN4O2/c1-12-8-15(23-26-12)11-24-18-7-6-16(25-2)10-17(18)19(22-24)21-14-5-3-4-13(20)9-14/h3-10H,11H2,1-2H3,(H,21,22). The average Bonchev–Trinajstić information content (AvgIpc) is 3.19. The number of anilines is 2. The molecule has 132 valence electrons. The summed E-state index contributed by atoms with van der Waals surface area (Å²) in [6, 6.07) is 15.3. The minimum Gasteiger partial charge on any atom is -0.497 e. The number of benzene rings is 2. The maximum absolute atomic E-state index is 6.09. The van der Waals surface area contributed by atoms with E-state index < -0.39 is 0 Å². The van der Waals surface area contributed by atoms with E-state index >= 15 is 0 Å². The van der Waals surface area contributed by atoms with Crippen molar-refractivity contribution < 1.29 is 9.26 Å². The largest absolute Gasteiger partial charge is 0.497 e. The average molecular weight is 369 g/mol. The molecule has 0 aliphatic heterocycles. The van der Waals surface area contributed by atoms with E-state index in [2.05, 4.69) is 10.5 Å². The quantitative estimate of drug-likeness (QED) is 0.548. The number of halogens is 1. The molecular weight excluding hydrogens is 352 g/mol. The Balaban J connectivity index is 1.77. The fourth-order valence-electron chi connectivity index (χ4n) is 2.85. The van der Waals surface area contributed by atoms with Crippen molar-refractivity contribution in [2.45, 2.75) is 13.5 Å². The first-order valence-electron chi connectivity index (χ1n) is 8.12. The molecule has 7 heteroatoms. The number of hydrogen-bond acceptors (Lipinski definition) is 5. The maximum atomic E-state index is 6.09. The molecule has 4 rings (SSSR count). The summed E-state index contributed by atoms with van der Waals surface area (Å²) in [6.07, 6.45) is 0. The molecular formula is C19H17ClN4O2. The molecule has 0 saturated carbocycles. The Labute approximate surface area is 155 Å². The van der Waals surface area contributed by atoms with Gasteiger partial charge in [0.05, 0.1) is 19.2 Å². The number of aryl methyl sites for hydroxylation is 1. The van der Waals surface area contributed by atoms with Gasteiger partial charge in [-0.2, -0.15) is 5.10 Å². The number of ether oxygens (including phenoxy) is 1. The van der Waals surface area contributed by atoms with Gasteiger partial charge in [0.15, 0.2) is 5.82 Å². The molecule has 0 saturated heterocycles. The fourth-order valence-corrected chi connectivity index (χ4v) is 3.04. The first kappa shape index (κ1) is 16.5. The van der Waals surface area contributed by atoms with Crippen molar-refractivity contribution in [3.63, 3.8) is 0 Å². The Hall–Kier alpha value is -2.99. The Morgan fingerprint density at radius 2 is 2.08 bits per heavy atom. The lowest BCUT2D eigenvalue weighted by Gasteiger charge is -2.04. The van der Waals surface area contributed by atoms with Crippen LogP contribution in [0.5, 0.6) is 5.75 Å². The van der Waals surface area contributed by atoms with E-state index in [1.54, 1.807) is 7.11 Å². The molecule has 0 radical (unpaired) electrons. The van der Waals surface area contributed by atoms with Crippen LogP contribution in [0.4, 0.5) is 11.5 Å². The van der Waals surface area contributed by atoms with Gasteiger partial charge in [-0.25, -0.2) is 0 Å². The SMILES string of the molecule is COc1ccc2c(c1)c(Nc1cccc(Cl)c1)nn2Cc1cc(C)on1. The van der Waals surface area contributed by atoms with E-state index in [4.69, 9.17) is 26.0 Å². The van der Waals surface area contributed by atoms with Gasteiger partial charge in [-0.05, 0) is 43.3 Å².